The number of hydrogen-bond donors (Lipinski definition) is 2. The van der Waals surface area contributed by atoms with Crippen LogP contribution in [0.15, 0.2) is 4.99 Å². The Labute approximate surface area is 151 Å². The highest BCUT2D eigenvalue weighted by molar-refractivity contribution is 6.06. The number of likely N-dealkylation sites (tertiary alicyclic amines) is 1. The molecule has 0 spiro atoms. The number of imide groups is 1. The first kappa shape index (κ1) is 19.5. The van der Waals surface area contributed by atoms with Gasteiger partial charge >= 0.3 is 6.03 Å². The number of carbonyl (C=O) groups excluding carboxylic acids is 2. The number of urea groups is 1. The van der Waals surface area contributed by atoms with Gasteiger partial charge in [0.05, 0.1) is 0 Å². The summed E-state index contributed by atoms with van der Waals surface area (Å²) in [7, 11) is 0. The Morgan fingerprint density at radius 2 is 2.00 bits per heavy atom. The maximum atomic E-state index is 12.4. The number of guanidine groups is 1. The van der Waals surface area contributed by atoms with Crippen molar-refractivity contribution in [2.24, 2.45) is 10.4 Å². The van der Waals surface area contributed by atoms with Crippen LogP contribution >= 0.6 is 0 Å². The number of nitrogens with one attached hydrogen (secondary N) is 2. The zero-order valence-corrected chi connectivity index (χ0v) is 16.3. The fraction of sp³-hybridized carbons (Fsp3) is 0.833. The number of carbonyl (C=O) groups is 2. The monoisotopic (exact) mass is 351 g/mol. The van der Waals surface area contributed by atoms with Crippen LogP contribution in [-0.2, 0) is 4.79 Å². The third kappa shape index (κ3) is 4.44. The van der Waals surface area contributed by atoms with E-state index >= 15 is 0 Å². The van der Waals surface area contributed by atoms with Crippen LogP contribution in [0.1, 0.15) is 53.9 Å². The summed E-state index contributed by atoms with van der Waals surface area (Å²) < 4.78 is 0. The number of rotatable bonds is 6. The lowest BCUT2D eigenvalue weighted by Gasteiger charge is -2.23. The van der Waals surface area contributed by atoms with Gasteiger partial charge in [0.25, 0.3) is 5.91 Å². The van der Waals surface area contributed by atoms with Crippen LogP contribution in [0.3, 0.4) is 0 Å². The molecule has 2 N–H and O–H groups in total. The van der Waals surface area contributed by atoms with Gasteiger partial charge in [-0.1, -0.05) is 20.8 Å². The fourth-order valence-corrected chi connectivity index (χ4v) is 3.32. The van der Waals surface area contributed by atoms with Crippen molar-refractivity contribution in [1.82, 2.24) is 20.4 Å². The molecule has 0 aromatic heterocycles. The second-order valence-corrected chi connectivity index (χ2v) is 8.00. The standard InChI is InChI=1S/C18H33N5O2/c1-6-18(5)14(24)23(16(25)21-18)11-8-10-20-15(19-7-2)22-12-9-17(3,4)13-22/h6-13H2,1-5H3,(H,19,20)(H,21,25). The minimum Gasteiger partial charge on any atom is -0.357 e. The minimum absolute atomic E-state index is 0.128. The number of hydrogen-bond acceptors (Lipinski definition) is 3. The van der Waals surface area contributed by atoms with E-state index in [-0.39, 0.29) is 11.9 Å². The predicted molar refractivity (Wildman–Crippen MR) is 99.5 cm³/mol. The van der Waals surface area contributed by atoms with Crippen molar-refractivity contribution in [1.29, 1.82) is 0 Å². The van der Waals surface area contributed by atoms with E-state index in [4.69, 9.17) is 4.99 Å². The van der Waals surface area contributed by atoms with Gasteiger partial charge in [0.1, 0.15) is 5.54 Å². The van der Waals surface area contributed by atoms with Gasteiger partial charge in [-0.25, -0.2) is 4.79 Å². The molecule has 25 heavy (non-hydrogen) atoms. The average Bonchev–Trinajstić information content (AvgIpc) is 3.02. The van der Waals surface area contributed by atoms with Gasteiger partial charge in [-0.3, -0.25) is 14.7 Å². The molecule has 0 aliphatic carbocycles. The molecule has 0 aromatic rings. The molecule has 0 radical (unpaired) electrons. The van der Waals surface area contributed by atoms with Gasteiger partial charge < -0.3 is 15.5 Å². The number of amides is 3. The van der Waals surface area contributed by atoms with Gasteiger partial charge in [0.2, 0.25) is 0 Å². The lowest BCUT2D eigenvalue weighted by Crippen LogP contribution is -2.43. The van der Waals surface area contributed by atoms with Crippen LogP contribution in [-0.4, -0.2) is 66.0 Å². The molecule has 7 heteroatoms. The molecule has 2 saturated heterocycles. The molecular weight excluding hydrogens is 318 g/mol. The third-order valence-corrected chi connectivity index (χ3v) is 5.17. The quantitative estimate of drug-likeness (QED) is 0.331. The normalized spacial score (nSPS) is 26.4. The second-order valence-electron chi connectivity index (χ2n) is 8.00. The highest BCUT2D eigenvalue weighted by Crippen LogP contribution is 2.28. The molecule has 1 unspecified atom stereocenters. The Morgan fingerprint density at radius 1 is 1.28 bits per heavy atom. The highest BCUT2D eigenvalue weighted by Gasteiger charge is 2.45. The van der Waals surface area contributed by atoms with Gasteiger partial charge in [-0.2, -0.15) is 0 Å². The molecule has 0 saturated carbocycles. The molecule has 2 aliphatic heterocycles. The molecule has 142 valence electrons. The summed E-state index contributed by atoms with van der Waals surface area (Å²) in [6.45, 7) is 14.2. The van der Waals surface area contributed by atoms with E-state index in [0.717, 1.165) is 32.0 Å². The first-order valence-corrected chi connectivity index (χ1v) is 9.40. The van der Waals surface area contributed by atoms with E-state index in [0.29, 0.717) is 31.3 Å². The fourth-order valence-electron chi connectivity index (χ4n) is 3.32. The predicted octanol–water partition coefficient (Wildman–Crippen LogP) is 1.79. The summed E-state index contributed by atoms with van der Waals surface area (Å²) in [5, 5.41) is 6.13. The average molecular weight is 351 g/mol. The summed E-state index contributed by atoms with van der Waals surface area (Å²) in [6, 6.07) is -0.286. The minimum atomic E-state index is -0.754. The van der Waals surface area contributed by atoms with E-state index in [1.54, 1.807) is 6.92 Å². The summed E-state index contributed by atoms with van der Waals surface area (Å²) >= 11 is 0. The molecule has 0 aromatic carbocycles. The smallest absolute Gasteiger partial charge is 0.325 e. The molecule has 1 atom stereocenters. The largest absolute Gasteiger partial charge is 0.357 e. The van der Waals surface area contributed by atoms with Gasteiger partial charge in [-0.15, -0.1) is 0 Å². The first-order valence-electron chi connectivity index (χ1n) is 9.40. The number of nitrogens with zero attached hydrogens (tertiary/aromatic N) is 3. The zero-order valence-electron chi connectivity index (χ0n) is 16.3. The Bertz CT molecular complexity index is 546. The highest BCUT2D eigenvalue weighted by atomic mass is 16.2. The topological polar surface area (TPSA) is 77.0 Å². The van der Waals surface area contributed by atoms with Gasteiger partial charge in [-0.05, 0) is 38.5 Å². The van der Waals surface area contributed by atoms with E-state index in [1.165, 1.54) is 4.90 Å². The Kier molecular flexibility index (Phi) is 5.95. The molecule has 2 heterocycles. The maximum absolute atomic E-state index is 12.4. The van der Waals surface area contributed by atoms with Crippen LogP contribution in [0.2, 0.25) is 0 Å². The number of aliphatic imine (C=N–C) groups is 1. The van der Waals surface area contributed by atoms with Crippen LogP contribution in [0.25, 0.3) is 0 Å². The van der Waals surface area contributed by atoms with Gasteiger partial charge in [0, 0.05) is 32.7 Å². The molecule has 2 aliphatic rings. The van der Waals surface area contributed by atoms with Crippen molar-refractivity contribution < 1.29 is 9.59 Å². The van der Waals surface area contributed by atoms with Crippen molar-refractivity contribution in [3.05, 3.63) is 0 Å². The van der Waals surface area contributed by atoms with E-state index < -0.39 is 5.54 Å². The summed E-state index contributed by atoms with van der Waals surface area (Å²) in [4.78, 5) is 32.7. The summed E-state index contributed by atoms with van der Waals surface area (Å²) in [6.07, 6.45) is 2.43. The van der Waals surface area contributed by atoms with E-state index in [1.807, 2.05) is 6.92 Å². The van der Waals surface area contributed by atoms with Crippen LogP contribution in [0, 0.1) is 5.41 Å². The van der Waals surface area contributed by atoms with E-state index in [9.17, 15) is 9.59 Å². The zero-order chi connectivity index (χ0) is 18.7. The SMILES string of the molecule is CCNC(=NCCCN1C(=O)NC(C)(CC)C1=O)N1CCC(C)(C)C1. The maximum Gasteiger partial charge on any atom is 0.325 e. The molecule has 3 amide bonds. The Hall–Kier alpha value is -1.79. The van der Waals surface area contributed by atoms with Crippen molar-refractivity contribution in [3.8, 4) is 0 Å². The van der Waals surface area contributed by atoms with Crippen LogP contribution in [0.4, 0.5) is 4.79 Å². The van der Waals surface area contributed by atoms with Gasteiger partial charge in [0.15, 0.2) is 5.96 Å². The molecule has 2 fully saturated rings. The van der Waals surface area contributed by atoms with Crippen LogP contribution in [0.5, 0.6) is 0 Å². The molecule has 7 nitrogen and oxygen atoms in total. The van der Waals surface area contributed by atoms with Crippen molar-refractivity contribution in [2.75, 3.05) is 32.7 Å². The summed E-state index contributed by atoms with van der Waals surface area (Å²) in [5.74, 6) is 0.806. The van der Waals surface area contributed by atoms with Crippen LogP contribution < -0.4 is 10.6 Å². The second kappa shape index (κ2) is 7.62. The van der Waals surface area contributed by atoms with Crippen molar-refractivity contribution in [2.45, 2.75) is 59.4 Å². The lowest BCUT2D eigenvalue weighted by atomic mass is 9.93. The molecule has 0 bridgehead atoms. The summed E-state index contributed by atoms with van der Waals surface area (Å²) in [5.41, 5.74) is -0.433. The third-order valence-electron chi connectivity index (χ3n) is 5.17. The van der Waals surface area contributed by atoms with Crippen molar-refractivity contribution >= 4 is 17.9 Å². The van der Waals surface area contributed by atoms with E-state index in [2.05, 4.69) is 36.3 Å². The van der Waals surface area contributed by atoms with Crippen molar-refractivity contribution in [3.63, 3.8) is 0 Å². The lowest BCUT2D eigenvalue weighted by molar-refractivity contribution is -0.130. The molecule has 2 rings (SSSR count). The first-order chi connectivity index (χ1) is 11.7. The Balaban J connectivity index is 1.88. The molecular formula is C18H33N5O2. The Morgan fingerprint density at radius 3 is 2.52 bits per heavy atom.